The van der Waals surface area contributed by atoms with Crippen LogP contribution in [0.1, 0.15) is 45.1 Å². The maximum absolute atomic E-state index is 13.2. The lowest BCUT2D eigenvalue weighted by molar-refractivity contribution is -0.147. The topological polar surface area (TPSA) is 85.2 Å². The quantitative estimate of drug-likeness (QED) is 0.506. The Labute approximate surface area is 194 Å². The molecular weight excluding hydrogens is 418 g/mol. The molecule has 6 heteroatoms. The van der Waals surface area contributed by atoms with Crippen molar-refractivity contribution in [3.8, 4) is 11.5 Å². The zero-order valence-corrected chi connectivity index (χ0v) is 19.2. The molecule has 0 saturated carbocycles. The summed E-state index contributed by atoms with van der Waals surface area (Å²) in [5.74, 6) is -0.960. The van der Waals surface area contributed by atoms with Gasteiger partial charge in [-0.1, -0.05) is 44.2 Å². The molecule has 6 nitrogen and oxygen atoms in total. The zero-order valence-electron chi connectivity index (χ0n) is 19.2. The van der Waals surface area contributed by atoms with Crippen molar-refractivity contribution in [2.24, 2.45) is 16.3 Å². The van der Waals surface area contributed by atoms with Gasteiger partial charge < -0.3 is 14.6 Å². The van der Waals surface area contributed by atoms with Crippen LogP contribution in [-0.4, -0.2) is 35.8 Å². The third kappa shape index (κ3) is 5.00. The minimum absolute atomic E-state index is 0.00365. The van der Waals surface area contributed by atoms with E-state index in [0.29, 0.717) is 35.4 Å². The van der Waals surface area contributed by atoms with Crippen LogP contribution >= 0.6 is 0 Å². The summed E-state index contributed by atoms with van der Waals surface area (Å²) in [7, 11) is 0. The van der Waals surface area contributed by atoms with E-state index in [1.165, 1.54) is 0 Å². The molecule has 2 aromatic rings. The number of carbonyl (C=O) groups is 2. The zero-order chi connectivity index (χ0) is 23.6. The van der Waals surface area contributed by atoms with Crippen molar-refractivity contribution in [2.45, 2.75) is 39.5 Å². The number of nitrogens with zero attached hydrogens (tertiary/aromatic N) is 1. The van der Waals surface area contributed by atoms with Gasteiger partial charge in [-0.15, -0.1) is 0 Å². The van der Waals surface area contributed by atoms with E-state index in [4.69, 9.17) is 14.5 Å². The number of ketones is 1. The van der Waals surface area contributed by atoms with Gasteiger partial charge in [0, 0.05) is 29.3 Å². The normalized spacial score (nSPS) is 21.8. The van der Waals surface area contributed by atoms with E-state index < -0.39 is 17.8 Å². The van der Waals surface area contributed by atoms with Crippen molar-refractivity contribution in [1.82, 2.24) is 0 Å². The van der Waals surface area contributed by atoms with Crippen LogP contribution in [0, 0.1) is 11.3 Å². The van der Waals surface area contributed by atoms with Crippen molar-refractivity contribution < 1.29 is 24.2 Å². The number of hydrogen-bond acceptors (Lipinski definition) is 6. The Bertz CT molecular complexity index is 1120. The van der Waals surface area contributed by atoms with Gasteiger partial charge in [-0.3, -0.25) is 14.6 Å². The summed E-state index contributed by atoms with van der Waals surface area (Å²) in [4.78, 5) is 31.2. The Hall–Kier alpha value is -3.41. The van der Waals surface area contributed by atoms with Crippen LogP contribution in [0.3, 0.4) is 0 Å². The first-order valence-electron chi connectivity index (χ1n) is 11.2. The molecule has 2 aromatic carbocycles. The summed E-state index contributed by atoms with van der Waals surface area (Å²) < 4.78 is 11.2. The van der Waals surface area contributed by atoms with Gasteiger partial charge in [-0.25, -0.2) is 0 Å². The third-order valence-corrected chi connectivity index (χ3v) is 6.13. The molecule has 1 aliphatic heterocycles. The summed E-state index contributed by atoms with van der Waals surface area (Å²) in [6.07, 6.45) is 1.05. The summed E-state index contributed by atoms with van der Waals surface area (Å²) in [6, 6.07) is 16.1. The monoisotopic (exact) mass is 447 g/mol. The van der Waals surface area contributed by atoms with E-state index >= 15 is 0 Å². The Morgan fingerprint density at radius 2 is 1.85 bits per heavy atom. The fourth-order valence-corrected chi connectivity index (χ4v) is 4.74. The van der Waals surface area contributed by atoms with Gasteiger partial charge in [-0.05, 0) is 48.6 Å². The van der Waals surface area contributed by atoms with E-state index in [1.807, 2.05) is 36.4 Å². The van der Waals surface area contributed by atoms with Crippen LogP contribution in [0.4, 0.5) is 0 Å². The highest BCUT2D eigenvalue weighted by Crippen LogP contribution is 2.48. The molecule has 4 rings (SSSR count). The van der Waals surface area contributed by atoms with E-state index in [0.717, 1.165) is 5.70 Å². The smallest absolute Gasteiger partial charge is 0.315 e. The number of hydrogen-bond donors (Lipinski definition) is 1. The van der Waals surface area contributed by atoms with Gasteiger partial charge in [0.15, 0.2) is 5.78 Å². The van der Waals surface area contributed by atoms with E-state index in [-0.39, 0.29) is 30.2 Å². The van der Waals surface area contributed by atoms with Crippen molar-refractivity contribution >= 4 is 17.5 Å². The molecule has 172 valence electrons. The number of Topliss-reactive ketones (excluding diaryl/α,β-unsaturated/α-hetero) is 1. The molecule has 0 aromatic heterocycles. The standard InChI is InChI=1S/C27H29NO5/c1-17-23(26(31)33-13-12-32-20-10-5-4-6-11-20)24(18-8-7-9-19(29)14-18)25-21(28-17)15-27(2,3)16-22(25)30/h4-11,14,23-24,29H,12-13,15-16H2,1-3H3/t23?,24-/m0/s1. The molecule has 0 fully saturated rings. The molecule has 2 atom stereocenters. The molecule has 1 heterocycles. The molecule has 0 spiro atoms. The SMILES string of the molecule is CC1=NC2=C(C(=O)CC(C)(C)C2)[C@@H](c2cccc(O)c2)C1C(=O)OCCOc1ccccc1. The largest absolute Gasteiger partial charge is 0.508 e. The van der Waals surface area contributed by atoms with E-state index in [2.05, 4.69) is 13.8 Å². The average Bonchev–Trinajstić information content (AvgIpc) is 2.75. The van der Waals surface area contributed by atoms with Gasteiger partial charge in [0.2, 0.25) is 0 Å². The summed E-state index contributed by atoms with van der Waals surface area (Å²) in [6.45, 7) is 6.21. The fraction of sp³-hybridized carbons (Fsp3) is 0.370. The Balaban J connectivity index is 1.59. The Kier molecular flexibility index (Phi) is 6.36. The predicted molar refractivity (Wildman–Crippen MR) is 125 cm³/mol. The fourth-order valence-electron chi connectivity index (χ4n) is 4.74. The number of aliphatic imine (C=N–C) groups is 1. The van der Waals surface area contributed by atoms with Gasteiger partial charge in [-0.2, -0.15) is 0 Å². The molecule has 33 heavy (non-hydrogen) atoms. The highest BCUT2D eigenvalue weighted by molar-refractivity contribution is 6.09. The van der Waals surface area contributed by atoms with Crippen LogP contribution in [0.2, 0.25) is 0 Å². The number of rotatable bonds is 6. The maximum Gasteiger partial charge on any atom is 0.315 e. The number of phenols is 1. The van der Waals surface area contributed by atoms with Crippen LogP contribution in [0.5, 0.6) is 11.5 Å². The highest BCUT2D eigenvalue weighted by atomic mass is 16.6. The number of carbonyl (C=O) groups excluding carboxylic acids is 2. The number of aromatic hydroxyl groups is 1. The number of allylic oxidation sites excluding steroid dienone is 2. The van der Waals surface area contributed by atoms with Crippen LogP contribution < -0.4 is 4.74 Å². The van der Waals surface area contributed by atoms with Crippen molar-refractivity contribution in [3.05, 3.63) is 71.4 Å². The minimum atomic E-state index is -0.743. The van der Waals surface area contributed by atoms with Crippen molar-refractivity contribution in [2.75, 3.05) is 13.2 Å². The first kappa shape index (κ1) is 22.8. The van der Waals surface area contributed by atoms with Crippen molar-refractivity contribution in [1.29, 1.82) is 0 Å². The number of esters is 1. The maximum atomic E-state index is 13.2. The number of ether oxygens (including phenoxy) is 2. The second kappa shape index (κ2) is 9.22. The Morgan fingerprint density at radius 1 is 1.09 bits per heavy atom. The summed E-state index contributed by atoms with van der Waals surface area (Å²) >= 11 is 0. The van der Waals surface area contributed by atoms with Crippen LogP contribution in [0.15, 0.2) is 70.9 Å². The van der Waals surface area contributed by atoms with Gasteiger partial charge in [0.25, 0.3) is 0 Å². The lowest BCUT2D eigenvalue weighted by atomic mass is 9.67. The van der Waals surface area contributed by atoms with Gasteiger partial charge in [0.1, 0.15) is 30.6 Å². The molecule has 1 unspecified atom stereocenters. The first-order valence-corrected chi connectivity index (χ1v) is 11.2. The van der Waals surface area contributed by atoms with Gasteiger partial charge in [0.05, 0.1) is 0 Å². The second-order valence-corrected chi connectivity index (χ2v) is 9.43. The number of para-hydroxylation sites is 1. The summed E-state index contributed by atoms with van der Waals surface area (Å²) in [5, 5.41) is 10.1. The molecule has 0 amide bonds. The highest BCUT2D eigenvalue weighted by Gasteiger charge is 2.46. The van der Waals surface area contributed by atoms with Crippen LogP contribution in [-0.2, 0) is 14.3 Å². The molecule has 0 bridgehead atoms. The molecule has 1 N–H and O–H groups in total. The van der Waals surface area contributed by atoms with Crippen molar-refractivity contribution in [3.63, 3.8) is 0 Å². The van der Waals surface area contributed by atoms with E-state index in [1.54, 1.807) is 25.1 Å². The lowest BCUT2D eigenvalue weighted by Gasteiger charge is -2.39. The predicted octanol–water partition coefficient (Wildman–Crippen LogP) is 4.83. The van der Waals surface area contributed by atoms with Gasteiger partial charge >= 0.3 is 5.97 Å². The second-order valence-electron chi connectivity index (χ2n) is 9.43. The van der Waals surface area contributed by atoms with Crippen LogP contribution in [0.25, 0.3) is 0 Å². The molecule has 0 radical (unpaired) electrons. The lowest BCUT2D eigenvalue weighted by Crippen LogP contribution is -2.39. The molecule has 0 saturated heterocycles. The molecule has 1 aliphatic carbocycles. The first-order chi connectivity index (χ1) is 15.7. The summed E-state index contributed by atoms with van der Waals surface area (Å²) in [5.41, 5.74) is 2.42. The molecular formula is C27H29NO5. The number of phenolic OH excluding ortho intramolecular Hbond substituents is 1. The Morgan fingerprint density at radius 3 is 2.58 bits per heavy atom. The molecule has 2 aliphatic rings. The van der Waals surface area contributed by atoms with E-state index in [9.17, 15) is 14.7 Å². The number of benzene rings is 2. The minimum Gasteiger partial charge on any atom is -0.508 e. The third-order valence-electron chi connectivity index (χ3n) is 6.13. The average molecular weight is 448 g/mol.